The maximum Gasteiger partial charge on any atom is 0.154 e. The predicted molar refractivity (Wildman–Crippen MR) is 81.3 cm³/mol. The van der Waals surface area contributed by atoms with E-state index in [4.69, 9.17) is 0 Å². The minimum atomic E-state index is -3.22. The van der Waals surface area contributed by atoms with E-state index >= 15 is 0 Å². The van der Waals surface area contributed by atoms with Gasteiger partial charge in [-0.05, 0) is 56.7 Å². The molecule has 4 nitrogen and oxygen atoms in total. The molecule has 0 fully saturated rings. The Kier molecular flexibility index (Phi) is 3.93. The second kappa shape index (κ2) is 5.26. The molecule has 114 valence electrons. The third-order valence-electron chi connectivity index (χ3n) is 3.58. The first kappa shape index (κ1) is 15.7. The van der Waals surface area contributed by atoms with Crippen LogP contribution in [0, 0.1) is 12.7 Å². The summed E-state index contributed by atoms with van der Waals surface area (Å²) in [7, 11) is -3.22. The normalized spacial score (nSPS) is 12.6. The lowest BCUT2D eigenvalue weighted by molar-refractivity contribution is 0.478. The Bertz CT molecular complexity index is 746. The zero-order valence-electron chi connectivity index (χ0n) is 12.6. The summed E-state index contributed by atoms with van der Waals surface area (Å²) in [6.45, 7) is 5.44. The molecule has 21 heavy (non-hydrogen) atoms. The van der Waals surface area contributed by atoms with Gasteiger partial charge in [-0.2, -0.15) is 5.10 Å². The van der Waals surface area contributed by atoms with Crippen LogP contribution in [-0.2, 0) is 16.4 Å². The lowest BCUT2D eigenvalue weighted by atomic mass is 10.1. The molecular formula is C15H19FN2O2S. The van der Waals surface area contributed by atoms with Crippen LogP contribution in [0.5, 0.6) is 0 Å². The molecule has 2 rings (SSSR count). The monoisotopic (exact) mass is 310 g/mol. The fourth-order valence-electron chi connectivity index (χ4n) is 2.00. The van der Waals surface area contributed by atoms with Gasteiger partial charge in [-0.1, -0.05) is 0 Å². The van der Waals surface area contributed by atoms with Crippen LogP contribution in [-0.4, -0.2) is 29.2 Å². The summed E-state index contributed by atoms with van der Waals surface area (Å²) in [5.41, 5.74) is 2.38. The minimum Gasteiger partial charge on any atom is -0.263 e. The molecule has 2 aromatic rings. The van der Waals surface area contributed by atoms with E-state index in [9.17, 15) is 12.8 Å². The van der Waals surface area contributed by atoms with Crippen LogP contribution in [0.1, 0.15) is 19.5 Å². The van der Waals surface area contributed by atoms with Crippen LogP contribution < -0.4 is 0 Å². The standard InChI is InChI=1S/C15H19FN2O2S/c1-11-9-14(12-5-7-13(16)8-6-12)18(17-11)10-15(2,3)21(4,19)20/h5-9H,10H2,1-4H3. The van der Waals surface area contributed by atoms with Gasteiger partial charge >= 0.3 is 0 Å². The van der Waals surface area contributed by atoms with Gasteiger partial charge in [-0.3, -0.25) is 4.68 Å². The quantitative estimate of drug-likeness (QED) is 0.872. The maximum atomic E-state index is 13.0. The molecule has 1 heterocycles. The van der Waals surface area contributed by atoms with Gasteiger partial charge in [-0.15, -0.1) is 0 Å². The molecule has 6 heteroatoms. The van der Waals surface area contributed by atoms with Crippen molar-refractivity contribution in [3.8, 4) is 11.3 Å². The molecule has 0 amide bonds. The van der Waals surface area contributed by atoms with Gasteiger partial charge in [0, 0.05) is 6.26 Å². The van der Waals surface area contributed by atoms with Crippen LogP contribution in [0.4, 0.5) is 4.39 Å². The van der Waals surface area contributed by atoms with E-state index in [1.165, 1.54) is 18.4 Å². The highest BCUT2D eigenvalue weighted by molar-refractivity contribution is 7.92. The molecule has 0 atom stereocenters. The van der Waals surface area contributed by atoms with Crippen molar-refractivity contribution >= 4 is 9.84 Å². The molecule has 0 aliphatic rings. The molecule has 1 aromatic heterocycles. The highest BCUT2D eigenvalue weighted by Gasteiger charge is 2.31. The lowest BCUT2D eigenvalue weighted by Gasteiger charge is -2.23. The minimum absolute atomic E-state index is 0.242. The van der Waals surface area contributed by atoms with Crippen LogP contribution in [0.15, 0.2) is 30.3 Å². The van der Waals surface area contributed by atoms with Gasteiger partial charge < -0.3 is 0 Å². The SMILES string of the molecule is Cc1cc(-c2ccc(F)cc2)n(CC(C)(C)S(C)(=O)=O)n1. The first-order valence-electron chi connectivity index (χ1n) is 6.60. The van der Waals surface area contributed by atoms with Crippen molar-refractivity contribution in [2.24, 2.45) is 0 Å². The Labute approximate surface area is 124 Å². The van der Waals surface area contributed by atoms with E-state index in [1.54, 1.807) is 30.7 Å². The Hall–Kier alpha value is -1.69. The van der Waals surface area contributed by atoms with E-state index < -0.39 is 14.6 Å². The number of sulfone groups is 1. The second-order valence-electron chi connectivity index (χ2n) is 5.87. The molecule has 0 aliphatic heterocycles. The summed E-state index contributed by atoms with van der Waals surface area (Å²) >= 11 is 0. The number of aryl methyl sites for hydroxylation is 1. The molecule has 0 aliphatic carbocycles. The summed E-state index contributed by atoms with van der Waals surface area (Å²) in [6, 6.07) is 7.95. The molecular weight excluding hydrogens is 291 g/mol. The van der Waals surface area contributed by atoms with Crippen LogP contribution in [0.3, 0.4) is 0 Å². The van der Waals surface area contributed by atoms with Crippen LogP contribution >= 0.6 is 0 Å². The summed E-state index contributed by atoms with van der Waals surface area (Å²) < 4.78 is 37.5. The van der Waals surface area contributed by atoms with Gasteiger partial charge in [0.1, 0.15) is 5.82 Å². The van der Waals surface area contributed by atoms with E-state index in [-0.39, 0.29) is 12.4 Å². The Morgan fingerprint density at radius 2 is 1.81 bits per heavy atom. The molecule has 0 N–H and O–H groups in total. The second-order valence-corrected chi connectivity index (χ2v) is 8.52. The molecule has 0 unspecified atom stereocenters. The highest BCUT2D eigenvalue weighted by atomic mass is 32.2. The average Bonchev–Trinajstić information content (AvgIpc) is 2.69. The first-order valence-corrected chi connectivity index (χ1v) is 8.49. The van der Waals surface area contributed by atoms with Crippen molar-refractivity contribution in [2.75, 3.05) is 6.26 Å². The van der Waals surface area contributed by atoms with Crippen molar-refractivity contribution in [1.82, 2.24) is 9.78 Å². The van der Waals surface area contributed by atoms with Gasteiger partial charge in [0.2, 0.25) is 0 Å². The summed E-state index contributed by atoms with van der Waals surface area (Å²) in [6.07, 6.45) is 1.22. The number of hydrogen-bond acceptors (Lipinski definition) is 3. The van der Waals surface area contributed by atoms with Crippen molar-refractivity contribution in [3.05, 3.63) is 41.8 Å². The third-order valence-corrected chi connectivity index (χ3v) is 5.71. The number of aromatic nitrogens is 2. The number of benzene rings is 1. The predicted octanol–water partition coefficient (Wildman–Crippen LogP) is 2.82. The van der Waals surface area contributed by atoms with E-state index in [0.29, 0.717) is 0 Å². The molecule has 1 aromatic carbocycles. The number of halogens is 1. The van der Waals surface area contributed by atoms with Crippen molar-refractivity contribution in [2.45, 2.75) is 32.1 Å². The highest BCUT2D eigenvalue weighted by Crippen LogP contribution is 2.25. The largest absolute Gasteiger partial charge is 0.263 e. The fourth-order valence-corrected chi connectivity index (χ4v) is 2.35. The molecule has 0 saturated carbocycles. The Morgan fingerprint density at radius 3 is 2.33 bits per heavy atom. The van der Waals surface area contributed by atoms with Crippen molar-refractivity contribution in [1.29, 1.82) is 0 Å². The number of rotatable bonds is 4. The van der Waals surface area contributed by atoms with Crippen molar-refractivity contribution in [3.63, 3.8) is 0 Å². The van der Waals surface area contributed by atoms with Crippen LogP contribution in [0.2, 0.25) is 0 Å². The summed E-state index contributed by atoms with van der Waals surface area (Å²) in [5, 5.41) is 4.37. The first-order chi connectivity index (χ1) is 9.60. The van der Waals surface area contributed by atoms with Crippen molar-refractivity contribution < 1.29 is 12.8 Å². The molecule has 0 spiro atoms. The van der Waals surface area contributed by atoms with E-state index in [0.717, 1.165) is 17.0 Å². The van der Waals surface area contributed by atoms with Gasteiger partial charge in [0.25, 0.3) is 0 Å². The zero-order valence-corrected chi connectivity index (χ0v) is 13.4. The molecule has 0 saturated heterocycles. The maximum absolute atomic E-state index is 13.0. The van der Waals surface area contributed by atoms with E-state index in [2.05, 4.69) is 5.10 Å². The number of hydrogen-bond donors (Lipinski definition) is 0. The molecule has 0 radical (unpaired) electrons. The van der Waals surface area contributed by atoms with Gasteiger partial charge in [0.05, 0.1) is 22.7 Å². The number of nitrogens with zero attached hydrogens (tertiary/aromatic N) is 2. The van der Waals surface area contributed by atoms with Gasteiger partial charge in [0.15, 0.2) is 9.84 Å². The Balaban J connectivity index is 2.45. The van der Waals surface area contributed by atoms with Gasteiger partial charge in [-0.25, -0.2) is 12.8 Å². The summed E-state index contributed by atoms with van der Waals surface area (Å²) in [5.74, 6) is -0.307. The Morgan fingerprint density at radius 1 is 1.24 bits per heavy atom. The van der Waals surface area contributed by atoms with E-state index in [1.807, 2.05) is 13.0 Å². The fraction of sp³-hybridized carbons (Fsp3) is 0.400. The smallest absolute Gasteiger partial charge is 0.154 e. The zero-order chi connectivity index (χ0) is 15.8. The molecule has 0 bridgehead atoms. The third kappa shape index (κ3) is 3.32. The lowest BCUT2D eigenvalue weighted by Crippen LogP contribution is -2.36. The van der Waals surface area contributed by atoms with Crippen LogP contribution in [0.25, 0.3) is 11.3 Å². The average molecular weight is 310 g/mol. The summed E-state index contributed by atoms with van der Waals surface area (Å²) in [4.78, 5) is 0. The topological polar surface area (TPSA) is 52.0 Å².